The number of rotatable bonds is 4. The maximum atomic E-state index is 6.18. The van der Waals surface area contributed by atoms with Gasteiger partial charge in [0.05, 0.1) is 10.9 Å². The molecule has 94 valence electrons. The lowest BCUT2D eigenvalue weighted by Crippen LogP contribution is -2.00. The second kappa shape index (κ2) is 6.12. The third-order valence-corrected chi connectivity index (χ3v) is 3.11. The zero-order valence-corrected chi connectivity index (χ0v) is 11.6. The van der Waals surface area contributed by atoms with Gasteiger partial charge in [-0.2, -0.15) is 0 Å². The van der Waals surface area contributed by atoms with Crippen LogP contribution >= 0.6 is 23.2 Å². The van der Waals surface area contributed by atoms with Crippen molar-refractivity contribution >= 4 is 23.2 Å². The minimum atomic E-state index is 0.443. The Labute approximate surface area is 117 Å². The first-order chi connectivity index (χ1) is 8.72. The lowest BCUT2D eigenvalue weighted by atomic mass is 10.0. The molecule has 0 unspecified atom stereocenters. The molecule has 0 fully saturated rings. The van der Waals surface area contributed by atoms with E-state index in [1.54, 1.807) is 0 Å². The third-order valence-electron chi connectivity index (χ3n) is 2.65. The molecule has 2 aromatic carbocycles. The third kappa shape index (κ3) is 2.98. The average molecular weight is 281 g/mol. The van der Waals surface area contributed by atoms with Gasteiger partial charge in [0.1, 0.15) is 12.4 Å². The van der Waals surface area contributed by atoms with Gasteiger partial charge in [0.15, 0.2) is 0 Å². The van der Waals surface area contributed by atoms with Crippen molar-refractivity contribution in [3.63, 3.8) is 0 Å². The van der Waals surface area contributed by atoms with Crippen molar-refractivity contribution in [3.8, 4) is 16.9 Å². The summed E-state index contributed by atoms with van der Waals surface area (Å²) in [7, 11) is 0. The number of benzene rings is 2. The van der Waals surface area contributed by atoms with Crippen LogP contribution in [-0.2, 0) is 0 Å². The topological polar surface area (TPSA) is 9.23 Å². The molecule has 0 saturated carbocycles. The molecule has 0 aliphatic heterocycles. The summed E-state index contributed by atoms with van der Waals surface area (Å²) in [5, 5.41) is 0.609. The van der Waals surface area contributed by atoms with Gasteiger partial charge in [-0.05, 0) is 18.6 Å². The molecule has 2 aromatic rings. The van der Waals surface area contributed by atoms with Crippen LogP contribution in [0, 0.1) is 6.92 Å². The maximum absolute atomic E-state index is 6.18. The molecule has 1 nitrogen and oxygen atoms in total. The number of alkyl halides is 1. The summed E-state index contributed by atoms with van der Waals surface area (Å²) in [5.74, 6) is 1.14. The first-order valence-corrected chi connectivity index (χ1v) is 6.68. The highest BCUT2D eigenvalue weighted by Crippen LogP contribution is 2.36. The lowest BCUT2D eigenvalue weighted by Gasteiger charge is -2.12. The number of halogens is 2. The Morgan fingerprint density at radius 1 is 1.06 bits per heavy atom. The predicted octanol–water partition coefficient (Wildman–Crippen LogP) is 4.93. The van der Waals surface area contributed by atoms with Gasteiger partial charge in [-0.3, -0.25) is 0 Å². The number of para-hydroxylation sites is 1. The molecule has 3 heteroatoms. The molecule has 0 atom stereocenters. The van der Waals surface area contributed by atoms with E-state index in [1.165, 1.54) is 5.56 Å². The molecule has 0 heterocycles. The minimum Gasteiger partial charge on any atom is -0.490 e. The molecule has 0 saturated heterocycles. The summed E-state index contributed by atoms with van der Waals surface area (Å²) in [5.41, 5.74) is 3.31. The normalized spacial score (nSPS) is 10.4. The van der Waals surface area contributed by atoms with Crippen LogP contribution in [0.4, 0.5) is 0 Å². The average Bonchev–Trinajstić information content (AvgIpc) is 2.38. The van der Waals surface area contributed by atoms with Gasteiger partial charge in [-0.15, -0.1) is 11.6 Å². The van der Waals surface area contributed by atoms with Crippen molar-refractivity contribution in [3.05, 3.63) is 53.1 Å². The SMILES string of the molecule is Cc1ccc(-c2cccc(Cl)c2OCCCl)cc1. The Morgan fingerprint density at radius 2 is 1.78 bits per heavy atom. The predicted molar refractivity (Wildman–Crippen MR) is 77.8 cm³/mol. The van der Waals surface area contributed by atoms with Crippen LogP contribution in [-0.4, -0.2) is 12.5 Å². The van der Waals surface area contributed by atoms with Gasteiger partial charge in [0, 0.05) is 5.56 Å². The van der Waals surface area contributed by atoms with Gasteiger partial charge in [0.25, 0.3) is 0 Å². The van der Waals surface area contributed by atoms with Gasteiger partial charge in [-0.1, -0.05) is 53.6 Å². The Morgan fingerprint density at radius 3 is 2.44 bits per heavy atom. The molecule has 0 N–H and O–H groups in total. The fourth-order valence-corrected chi connectivity index (χ4v) is 2.06. The second-order valence-electron chi connectivity index (χ2n) is 4.02. The first-order valence-electron chi connectivity index (χ1n) is 5.76. The Kier molecular flexibility index (Phi) is 4.51. The van der Waals surface area contributed by atoms with E-state index in [0.29, 0.717) is 23.3 Å². The number of hydrogen-bond donors (Lipinski definition) is 0. The van der Waals surface area contributed by atoms with Crippen LogP contribution in [0.25, 0.3) is 11.1 Å². The fourth-order valence-electron chi connectivity index (χ4n) is 1.76. The Balaban J connectivity index is 2.43. The molecule has 0 aliphatic rings. The molecule has 0 aromatic heterocycles. The van der Waals surface area contributed by atoms with Crippen molar-refractivity contribution in [1.82, 2.24) is 0 Å². The van der Waals surface area contributed by atoms with Crippen LogP contribution < -0.4 is 4.74 Å². The monoisotopic (exact) mass is 280 g/mol. The fraction of sp³-hybridized carbons (Fsp3) is 0.200. The van der Waals surface area contributed by atoms with Crippen LogP contribution in [0.1, 0.15) is 5.56 Å². The smallest absolute Gasteiger partial charge is 0.145 e. The zero-order valence-electron chi connectivity index (χ0n) is 10.1. The molecule has 0 bridgehead atoms. The largest absolute Gasteiger partial charge is 0.490 e. The van der Waals surface area contributed by atoms with Crippen molar-refractivity contribution < 1.29 is 4.74 Å². The van der Waals surface area contributed by atoms with Crippen LogP contribution in [0.2, 0.25) is 5.02 Å². The van der Waals surface area contributed by atoms with E-state index in [2.05, 4.69) is 31.2 Å². The molecule has 0 amide bonds. The number of aryl methyl sites for hydroxylation is 1. The van der Waals surface area contributed by atoms with E-state index in [1.807, 2.05) is 18.2 Å². The molecule has 0 radical (unpaired) electrons. The van der Waals surface area contributed by atoms with Crippen LogP contribution in [0.3, 0.4) is 0 Å². The maximum Gasteiger partial charge on any atom is 0.145 e. The molecule has 2 rings (SSSR count). The van der Waals surface area contributed by atoms with Gasteiger partial charge >= 0.3 is 0 Å². The van der Waals surface area contributed by atoms with Crippen molar-refractivity contribution in [2.75, 3.05) is 12.5 Å². The van der Waals surface area contributed by atoms with Crippen molar-refractivity contribution in [1.29, 1.82) is 0 Å². The number of hydrogen-bond acceptors (Lipinski definition) is 1. The Hall–Kier alpha value is -1.18. The summed E-state index contributed by atoms with van der Waals surface area (Å²) in [6.07, 6.45) is 0. The van der Waals surface area contributed by atoms with E-state index in [4.69, 9.17) is 27.9 Å². The summed E-state index contributed by atoms with van der Waals surface area (Å²) >= 11 is 11.8. The van der Waals surface area contributed by atoms with E-state index >= 15 is 0 Å². The standard InChI is InChI=1S/C15H14Cl2O/c1-11-5-7-12(8-6-11)13-3-2-4-14(17)15(13)18-10-9-16/h2-8H,9-10H2,1H3. The van der Waals surface area contributed by atoms with Gasteiger partial charge in [-0.25, -0.2) is 0 Å². The highest BCUT2D eigenvalue weighted by molar-refractivity contribution is 6.32. The number of ether oxygens (including phenoxy) is 1. The highest BCUT2D eigenvalue weighted by Gasteiger charge is 2.10. The van der Waals surface area contributed by atoms with E-state index in [0.717, 1.165) is 11.1 Å². The summed E-state index contributed by atoms with van der Waals surface area (Å²) in [4.78, 5) is 0. The quantitative estimate of drug-likeness (QED) is 0.722. The molecule has 0 aliphatic carbocycles. The molecular formula is C15H14Cl2O. The summed E-state index contributed by atoms with van der Waals surface area (Å²) in [6, 6.07) is 14.0. The van der Waals surface area contributed by atoms with E-state index in [9.17, 15) is 0 Å². The minimum absolute atomic E-state index is 0.443. The molecule has 18 heavy (non-hydrogen) atoms. The second-order valence-corrected chi connectivity index (χ2v) is 4.81. The Bertz CT molecular complexity index is 521. The zero-order chi connectivity index (χ0) is 13.0. The first kappa shape index (κ1) is 13.3. The van der Waals surface area contributed by atoms with Crippen molar-refractivity contribution in [2.45, 2.75) is 6.92 Å². The van der Waals surface area contributed by atoms with Crippen LogP contribution in [0.15, 0.2) is 42.5 Å². The lowest BCUT2D eigenvalue weighted by molar-refractivity contribution is 0.344. The highest BCUT2D eigenvalue weighted by atomic mass is 35.5. The van der Waals surface area contributed by atoms with Crippen LogP contribution in [0.5, 0.6) is 5.75 Å². The van der Waals surface area contributed by atoms with E-state index < -0.39 is 0 Å². The molecule has 0 spiro atoms. The summed E-state index contributed by atoms with van der Waals surface area (Å²) in [6.45, 7) is 2.51. The molecular weight excluding hydrogens is 267 g/mol. The van der Waals surface area contributed by atoms with Crippen molar-refractivity contribution in [2.24, 2.45) is 0 Å². The van der Waals surface area contributed by atoms with E-state index in [-0.39, 0.29) is 0 Å². The van der Waals surface area contributed by atoms with Gasteiger partial charge in [0.2, 0.25) is 0 Å². The van der Waals surface area contributed by atoms with Gasteiger partial charge < -0.3 is 4.74 Å². The summed E-state index contributed by atoms with van der Waals surface area (Å²) < 4.78 is 5.64.